The van der Waals surface area contributed by atoms with Crippen molar-refractivity contribution in [1.29, 1.82) is 0 Å². The van der Waals surface area contributed by atoms with Crippen LogP contribution in [0, 0.1) is 5.92 Å². The Kier molecular flexibility index (Phi) is 4.12. The predicted octanol–water partition coefficient (Wildman–Crippen LogP) is 3.07. The Bertz CT molecular complexity index is 652. The average Bonchev–Trinajstić information content (AvgIpc) is 2.94. The fourth-order valence-electron chi connectivity index (χ4n) is 2.87. The van der Waals surface area contributed by atoms with Crippen molar-refractivity contribution in [2.75, 3.05) is 6.61 Å². The Balaban J connectivity index is 1.86. The minimum atomic E-state index is -0.263. The number of carbonyl (C=O) groups excluding carboxylic acids is 1. The van der Waals surface area contributed by atoms with E-state index in [1.807, 2.05) is 18.2 Å². The number of hydrogen-bond donors (Lipinski definition) is 2. The summed E-state index contributed by atoms with van der Waals surface area (Å²) in [5.74, 6) is 0.0322. The molecule has 1 aromatic heterocycles. The molecule has 0 spiro atoms. The summed E-state index contributed by atoms with van der Waals surface area (Å²) in [4.78, 5) is 12.3. The normalized spacial score (nSPS) is 20.9. The summed E-state index contributed by atoms with van der Waals surface area (Å²) < 4.78 is 5.81. The molecule has 5 heteroatoms. The van der Waals surface area contributed by atoms with Crippen LogP contribution >= 0.6 is 15.9 Å². The molecule has 0 aliphatic heterocycles. The van der Waals surface area contributed by atoms with Crippen LogP contribution in [-0.2, 0) is 6.42 Å². The Morgan fingerprint density at radius 2 is 2.14 bits per heavy atom. The molecule has 0 radical (unpaired) electrons. The molecule has 2 aromatic rings. The van der Waals surface area contributed by atoms with Gasteiger partial charge in [-0.05, 0) is 52.0 Å². The number of fused-ring (bicyclic) bond motifs is 1. The maximum Gasteiger partial charge on any atom is 0.287 e. The zero-order valence-electron chi connectivity index (χ0n) is 11.4. The quantitative estimate of drug-likeness (QED) is 0.894. The standard InChI is InChI=1S/C16H16BrNO3/c17-14-8-7-13(21-14)16(20)18-15-11(9-19)6-5-10-3-1-2-4-12(10)15/h1-4,7-8,11,15,19H,5-6,9H2,(H,18,20)/t11-,15-/m1/s1. The monoisotopic (exact) mass is 349 g/mol. The highest BCUT2D eigenvalue weighted by molar-refractivity contribution is 9.10. The van der Waals surface area contributed by atoms with Crippen LogP contribution in [0.15, 0.2) is 45.5 Å². The van der Waals surface area contributed by atoms with Crippen molar-refractivity contribution >= 4 is 21.8 Å². The van der Waals surface area contributed by atoms with E-state index < -0.39 is 0 Å². The van der Waals surface area contributed by atoms with Gasteiger partial charge in [0.1, 0.15) is 0 Å². The summed E-state index contributed by atoms with van der Waals surface area (Å²) in [6.07, 6.45) is 1.79. The maximum absolute atomic E-state index is 12.3. The van der Waals surface area contributed by atoms with E-state index in [0.717, 1.165) is 18.4 Å². The predicted molar refractivity (Wildman–Crippen MR) is 82.0 cm³/mol. The minimum Gasteiger partial charge on any atom is -0.444 e. The summed E-state index contributed by atoms with van der Waals surface area (Å²) >= 11 is 3.19. The van der Waals surface area contributed by atoms with Crippen LogP contribution in [0.1, 0.15) is 34.1 Å². The summed E-state index contributed by atoms with van der Waals surface area (Å²) in [7, 11) is 0. The van der Waals surface area contributed by atoms with Gasteiger partial charge < -0.3 is 14.8 Å². The fourth-order valence-corrected chi connectivity index (χ4v) is 3.17. The molecule has 1 amide bonds. The van der Waals surface area contributed by atoms with E-state index >= 15 is 0 Å². The van der Waals surface area contributed by atoms with Crippen LogP contribution in [-0.4, -0.2) is 17.6 Å². The lowest BCUT2D eigenvalue weighted by Gasteiger charge is -2.33. The molecular weight excluding hydrogens is 334 g/mol. The molecule has 2 N–H and O–H groups in total. The first kappa shape index (κ1) is 14.4. The molecule has 1 aliphatic carbocycles. The molecule has 3 rings (SSSR count). The van der Waals surface area contributed by atoms with Gasteiger partial charge >= 0.3 is 0 Å². The zero-order valence-corrected chi connectivity index (χ0v) is 13.0. The summed E-state index contributed by atoms with van der Waals surface area (Å²) in [6, 6.07) is 11.2. The molecular formula is C16H16BrNO3. The number of aryl methyl sites for hydroxylation is 1. The lowest BCUT2D eigenvalue weighted by molar-refractivity contribution is 0.0864. The second-order valence-electron chi connectivity index (χ2n) is 5.24. The van der Waals surface area contributed by atoms with Crippen molar-refractivity contribution in [1.82, 2.24) is 5.32 Å². The van der Waals surface area contributed by atoms with Crippen molar-refractivity contribution in [3.8, 4) is 0 Å². The Morgan fingerprint density at radius 3 is 2.86 bits per heavy atom. The van der Waals surface area contributed by atoms with Gasteiger partial charge in [-0.15, -0.1) is 0 Å². The van der Waals surface area contributed by atoms with E-state index in [2.05, 4.69) is 27.3 Å². The number of nitrogens with one attached hydrogen (secondary N) is 1. The maximum atomic E-state index is 12.3. The van der Waals surface area contributed by atoms with Crippen LogP contribution in [0.2, 0.25) is 0 Å². The van der Waals surface area contributed by atoms with Gasteiger partial charge in [0.25, 0.3) is 5.91 Å². The second-order valence-corrected chi connectivity index (χ2v) is 6.02. The molecule has 1 heterocycles. The molecule has 110 valence electrons. The summed E-state index contributed by atoms with van der Waals surface area (Å²) in [6.45, 7) is 0.0567. The highest BCUT2D eigenvalue weighted by Crippen LogP contribution is 2.34. The molecule has 2 atom stereocenters. The lowest BCUT2D eigenvalue weighted by atomic mass is 9.80. The molecule has 0 saturated heterocycles. The minimum absolute atomic E-state index is 0.0299. The highest BCUT2D eigenvalue weighted by Gasteiger charge is 2.30. The van der Waals surface area contributed by atoms with Crippen LogP contribution in [0.5, 0.6) is 0 Å². The largest absolute Gasteiger partial charge is 0.444 e. The van der Waals surface area contributed by atoms with Gasteiger partial charge in [0.05, 0.1) is 6.04 Å². The molecule has 1 aliphatic rings. The number of hydrogen-bond acceptors (Lipinski definition) is 3. The van der Waals surface area contributed by atoms with Crippen molar-refractivity contribution in [3.63, 3.8) is 0 Å². The van der Waals surface area contributed by atoms with E-state index in [0.29, 0.717) is 4.67 Å². The molecule has 0 fully saturated rings. The molecule has 0 bridgehead atoms. The molecule has 21 heavy (non-hydrogen) atoms. The number of aliphatic hydroxyl groups excluding tert-OH is 1. The van der Waals surface area contributed by atoms with Gasteiger partial charge in [-0.3, -0.25) is 4.79 Å². The van der Waals surface area contributed by atoms with E-state index in [4.69, 9.17) is 4.42 Å². The number of aliphatic hydroxyl groups is 1. The van der Waals surface area contributed by atoms with Gasteiger partial charge in [-0.1, -0.05) is 24.3 Å². The molecule has 0 unspecified atom stereocenters. The van der Waals surface area contributed by atoms with E-state index in [9.17, 15) is 9.90 Å². The van der Waals surface area contributed by atoms with E-state index in [1.54, 1.807) is 12.1 Å². The van der Waals surface area contributed by atoms with Crippen molar-refractivity contribution in [3.05, 3.63) is 58.0 Å². The van der Waals surface area contributed by atoms with E-state index in [1.165, 1.54) is 5.56 Å². The smallest absolute Gasteiger partial charge is 0.287 e. The van der Waals surface area contributed by atoms with Gasteiger partial charge in [0, 0.05) is 12.5 Å². The number of amides is 1. The Morgan fingerprint density at radius 1 is 1.33 bits per heavy atom. The van der Waals surface area contributed by atoms with Crippen LogP contribution in [0.4, 0.5) is 0 Å². The van der Waals surface area contributed by atoms with Crippen LogP contribution < -0.4 is 5.32 Å². The highest BCUT2D eigenvalue weighted by atomic mass is 79.9. The molecule has 4 nitrogen and oxygen atoms in total. The number of furan rings is 1. The zero-order chi connectivity index (χ0) is 14.8. The second kappa shape index (κ2) is 6.03. The first-order chi connectivity index (χ1) is 10.2. The number of benzene rings is 1. The fraction of sp³-hybridized carbons (Fsp3) is 0.312. The average molecular weight is 350 g/mol. The van der Waals surface area contributed by atoms with Gasteiger partial charge in [-0.25, -0.2) is 0 Å². The molecule has 0 saturated carbocycles. The molecule has 1 aromatic carbocycles. The third-order valence-electron chi connectivity index (χ3n) is 3.96. The van der Waals surface area contributed by atoms with Crippen LogP contribution in [0.3, 0.4) is 0 Å². The number of halogens is 1. The third-order valence-corrected chi connectivity index (χ3v) is 4.39. The topological polar surface area (TPSA) is 62.5 Å². The Labute approximate surface area is 131 Å². The first-order valence-corrected chi connectivity index (χ1v) is 7.73. The first-order valence-electron chi connectivity index (χ1n) is 6.94. The SMILES string of the molecule is O=C(N[C@H]1c2ccccc2CC[C@@H]1CO)c1ccc(Br)o1. The van der Waals surface area contributed by atoms with Gasteiger partial charge in [-0.2, -0.15) is 0 Å². The van der Waals surface area contributed by atoms with E-state index in [-0.39, 0.29) is 30.2 Å². The summed E-state index contributed by atoms with van der Waals surface area (Å²) in [5, 5.41) is 12.6. The third kappa shape index (κ3) is 2.89. The van der Waals surface area contributed by atoms with Gasteiger partial charge in [0.15, 0.2) is 10.4 Å². The van der Waals surface area contributed by atoms with Gasteiger partial charge in [0.2, 0.25) is 0 Å². The summed E-state index contributed by atoms with van der Waals surface area (Å²) in [5.41, 5.74) is 2.31. The number of carbonyl (C=O) groups is 1. The Hall–Kier alpha value is -1.59. The van der Waals surface area contributed by atoms with Crippen molar-refractivity contribution < 1.29 is 14.3 Å². The lowest BCUT2D eigenvalue weighted by Crippen LogP contribution is -2.37. The van der Waals surface area contributed by atoms with Crippen molar-refractivity contribution in [2.24, 2.45) is 5.92 Å². The van der Waals surface area contributed by atoms with Crippen molar-refractivity contribution in [2.45, 2.75) is 18.9 Å². The van der Waals surface area contributed by atoms with Crippen LogP contribution in [0.25, 0.3) is 0 Å². The number of rotatable bonds is 3.